The van der Waals surface area contributed by atoms with E-state index in [4.69, 9.17) is 0 Å². The van der Waals surface area contributed by atoms with Gasteiger partial charge in [0.2, 0.25) is 0 Å². The van der Waals surface area contributed by atoms with E-state index in [1.54, 1.807) is 24.3 Å². The van der Waals surface area contributed by atoms with Crippen LogP contribution in [0.4, 0.5) is 0 Å². The largest absolute Gasteiger partial charge is 0.302 e. The summed E-state index contributed by atoms with van der Waals surface area (Å²) in [6, 6.07) is 15.0. The molecule has 7 heteroatoms. The van der Waals surface area contributed by atoms with Crippen molar-refractivity contribution in [2.24, 2.45) is 0 Å². The van der Waals surface area contributed by atoms with Gasteiger partial charge < -0.3 is 0 Å². The molecule has 0 aromatic heterocycles. The standard InChI is InChI=1S/C14H11NO5S/c16-15(17)13(11-7-3-1-4-8-11)14(21(18,19)20)12-9-5-2-6-10-12/h1-10H,(H,18,19,20). The van der Waals surface area contributed by atoms with Gasteiger partial charge in [0.25, 0.3) is 5.70 Å². The highest BCUT2D eigenvalue weighted by Gasteiger charge is 2.30. The van der Waals surface area contributed by atoms with Crippen molar-refractivity contribution in [3.8, 4) is 0 Å². The molecule has 0 bridgehead atoms. The van der Waals surface area contributed by atoms with E-state index in [0.717, 1.165) is 0 Å². The first-order valence-corrected chi connectivity index (χ1v) is 7.32. The Balaban J connectivity index is 2.86. The van der Waals surface area contributed by atoms with E-state index < -0.39 is 25.6 Å². The fourth-order valence-corrected chi connectivity index (χ4v) is 2.78. The molecular formula is C14H11NO5S. The highest BCUT2D eigenvalue weighted by atomic mass is 32.2. The van der Waals surface area contributed by atoms with Crippen LogP contribution in [0.5, 0.6) is 0 Å². The van der Waals surface area contributed by atoms with Crippen LogP contribution in [0.2, 0.25) is 0 Å². The van der Waals surface area contributed by atoms with Crippen LogP contribution in [-0.2, 0) is 10.1 Å². The minimum Gasteiger partial charge on any atom is -0.282 e. The molecule has 0 saturated heterocycles. The fraction of sp³-hybridized carbons (Fsp3) is 0. The van der Waals surface area contributed by atoms with Crippen molar-refractivity contribution in [1.29, 1.82) is 0 Å². The van der Waals surface area contributed by atoms with Gasteiger partial charge >= 0.3 is 10.1 Å². The second kappa shape index (κ2) is 5.86. The molecule has 0 spiro atoms. The van der Waals surface area contributed by atoms with E-state index in [2.05, 4.69) is 0 Å². The van der Waals surface area contributed by atoms with Gasteiger partial charge in [0.15, 0.2) is 4.91 Å². The number of benzene rings is 2. The zero-order valence-electron chi connectivity index (χ0n) is 10.7. The molecule has 0 atom stereocenters. The summed E-state index contributed by atoms with van der Waals surface area (Å²) in [6.07, 6.45) is 0. The van der Waals surface area contributed by atoms with Gasteiger partial charge in [-0.15, -0.1) is 0 Å². The molecule has 21 heavy (non-hydrogen) atoms. The Bertz CT molecular complexity index is 783. The Morgan fingerprint density at radius 2 is 1.33 bits per heavy atom. The lowest BCUT2D eigenvalue weighted by Gasteiger charge is -2.07. The van der Waals surface area contributed by atoms with Crippen LogP contribution in [-0.4, -0.2) is 17.9 Å². The second-order valence-corrected chi connectivity index (χ2v) is 5.50. The van der Waals surface area contributed by atoms with E-state index in [0.29, 0.717) is 0 Å². The average molecular weight is 305 g/mol. The Kier molecular flexibility index (Phi) is 4.15. The Hall–Kier alpha value is -2.51. The zero-order valence-corrected chi connectivity index (χ0v) is 11.5. The average Bonchev–Trinajstić information content (AvgIpc) is 2.44. The molecule has 0 aliphatic rings. The van der Waals surface area contributed by atoms with E-state index in [1.165, 1.54) is 36.4 Å². The summed E-state index contributed by atoms with van der Waals surface area (Å²) in [4.78, 5) is 9.80. The van der Waals surface area contributed by atoms with Crippen molar-refractivity contribution in [2.75, 3.05) is 0 Å². The van der Waals surface area contributed by atoms with Gasteiger partial charge in [-0.2, -0.15) is 8.42 Å². The Morgan fingerprint density at radius 3 is 1.71 bits per heavy atom. The third-order valence-electron chi connectivity index (χ3n) is 2.74. The van der Waals surface area contributed by atoms with Crippen molar-refractivity contribution in [3.63, 3.8) is 0 Å². The van der Waals surface area contributed by atoms with Crippen molar-refractivity contribution < 1.29 is 17.9 Å². The van der Waals surface area contributed by atoms with Crippen molar-refractivity contribution in [3.05, 3.63) is 81.9 Å². The molecule has 2 aromatic rings. The number of rotatable bonds is 4. The molecular weight excluding hydrogens is 294 g/mol. The zero-order chi connectivity index (χ0) is 15.5. The highest BCUT2D eigenvalue weighted by Crippen LogP contribution is 2.30. The number of hydrogen-bond acceptors (Lipinski definition) is 4. The van der Waals surface area contributed by atoms with Crippen LogP contribution in [0.3, 0.4) is 0 Å². The van der Waals surface area contributed by atoms with E-state index in [-0.39, 0.29) is 11.1 Å². The van der Waals surface area contributed by atoms with E-state index in [9.17, 15) is 23.1 Å². The molecule has 0 fully saturated rings. The number of hydrogen-bond donors (Lipinski definition) is 1. The molecule has 0 unspecified atom stereocenters. The minimum atomic E-state index is -4.77. The molecule has 0 aliphatic carbocycles. The lowest BCUT2D eigenvalue weighted by atomic mass is 10.1. The molecule has 0 saturated carbocycles. The smallest absolute Gasteiger partial charge is 0.282 e. The quantitative estimate of drug-likeness (QED) is 0.405. The maximum atomic E-state index is 11.6. The molecule has 0 heterocycles. The summed E-state index contributed by atoms with van der Waals surface area (Å²) in [5.74, 6) is 0. The fourth-order valence-electron chi connectivity index (χ4n) is 1.91. The molecule has 2 rings (SSSR count). The van der Waals surface area contributed by atoms with Gasteiger partial charge in [-0.1, -0.05) is 48.5 Å². The summed E-state index contributed by atoms with van der Waals surface area (Å²) in [5.41, 5.74) is -0.515. The van der Waals surface area contributed by atoms with Crippen LogP contribution in [0.25, 0.3) is 10.6 Å². The third-order valence-corrected chi connectivity index (χ3v) is 3.68. The van der Waals surface area contributed by atoms with Crippen LogP contribution in [0.15, 0.2) is 60.7 Å². The Labute approximate surface area is 121 Å². The summed E-state index contributed by atoms with van der Waals surface area (Å²) < 4.78 is 32.7. The maximum Gasteiger partial charge on any atom is 0.302 e. The number of nitro groups is 1. The van der Waals surface area contributed by atoms with Crippen LogP contribution >= 0.6 is 0 Å². The molecule has 2 aromatic carbocycles. The lowest BCUT2D eigenvalue weighted by molar-refractivity contribution is -0.374. The first kappa shape index (κ1) is 14.9. The Morgan fingerprint density at radius 1 is 0.905 bits per heavy atom. The lowest BCUT2D eigenvalue weighted by Crippen LogP contribution is -2.09. The normalized spacial score (nSPS) is 12.6. The maximum absolute atomic E-state index is 11.6. The van der Waals surface area contributed by atoms with Gasteiger partial charge in [-0.3, -0.25) is 14.7 Å². The third kappa shape index (κ3) is 3.33. The van der Waals surface area contributed by atoms with Gasteiger partial charge in [0, 0.05) is 5.56 Å². The van der Waals surface area contributed by atoms with E-state index in [1.807, 2.05) is 0 Å². The van der Waals surface area contributed by atoms with Gasteiger partial charge in [0.05, 0.1) is 10.5 Å². The second-order valence-electron chi connectivity index (χ2n) is 4.14. The van der Waals surface area contributed by atoms with Gasteiger partial charge in [-0.25, -0.2) is 0 Å². The monoisotopic (exact) mass is 305 g/mol. The molecule has 1 N–H and O–H groups in total. The summed E-state index contributed by atoms with van der Waals surface area (Å²) in [6.45, 7) is 0. The molecule has 0 amide bonds. The van der Waals surface area contributed by atoms with Crippen LogP contribution in [0, 0.1) is 10.1 Å². The first-order valence-electron chi connectivity index (χ1n) is 5.88. The summed E-state index contributed by atoms with van der Waals surface area (Å²) in [5, 5.41) is 11.3. The van der Waals surface area contributed by atoms with Crippen LogP contribution in [0.1, 0.15) is 11.1 Å². The molecule has 6 nitrogen and oxygen atoms in total. The predicted molar refractivity (Wildman–Crippen MR) is 78.2 cm³/mol. The van der Waals surface area contributed by atoms with Crippen molar-refractivity contribution >= 4 is 20.7 Å². The van der Waals surface area contributed by atoms with Gasteiger partial charge in [0.1, 0.15) is 0 Å². The topological polar surface area (TPSA) is 97.5 Å². The van der Waals surface area contributed by atoms with Crippen LogP contribution < -0.4 is 0 Å². The van der Waals surface area contributed by atoms with Crippen molar-refractivity contribution in [2.45, 2.75) is 0 Å². The highest BCUT2D eigenvalue weighted by molar-refractivity contribution is 7.95. The predicted octanol–water partition coefficient (Wildman–Crippen LogP) is 2.68. The van der Waals surface area contributed by atoms with E-state index >= 15 is 0 Å². The van der Waals surface area contributed by atoms with Crippen molar-refractivity contribution in [1.82, 2.24) is 0 Å². The van der Waals surface area contributed by atoms with Gasteiger partial charge in [-0.05, 0) is 12.1 Å². The summed E-state index contributed by atoms with van der Waals surface area (Å²) in [7, 11) is -4.77. The minimum absolute atomic E-state index is 0.0514. The number of nitrogens with zero attached hydrogens (tertiary/aromatic N) is 1. The summed E-state index contributed by atoms with van der Waals surface area (Å²) >= 11 is 0. The first-order chi connectivity index (χ1) is 9.91. The molecule has 108 valence electrons. The molecule has 0 radical (unpaired) electrons. The molecule has 0 aliphatic heterocycles. The SMILES string of the molecule is O=[N+]([O-])C(=C(c1ccccc1)S(=O)(=O)O)c1ccccc1.